The summed E-state index contributed by atoms with van der Waals surface area (Å²) in [4.78, 5) is 13.8. The second-order valence-corrected chi connectivity index (χ2v) is 7.38. The van der Waals surface area contributed by atoms with Gasteiger partial charge in [0.2, 0.25) is 0 Å². The van der Waals surface area contributed by atoms with Gasteiger partial charge >= 0.3 is 6.09 Å². The zero-order valence-electron chi connectivity index (χ0n) is 14.3. The fraction of sp³-hybridized carbons (Fsp3) is 0.611. The molecule has 122 valence electrons. The Kier molecular flexibility index (Phi) is 4.81. The van der Waals surface area contributed by atoms with Crippen molar-refractivity contribution >= 4 is 6.09 Å². The van der Waals surface area contributed by atoms with Gasteiger partial charge in [-0.1, -0.05) is 29.8 Å². The molecule has 1 aliphatic rings. The number of aryl methyl sites for hydroxylation is 1. The fourth-order valence-corrected chi connectivity index (χ4v) is 2.48. The zero-order valence-corrected chi connectivity index (χ0v) is 14.3. The number of hydrogen-bond donors (Lipinski definition) is 0. The van der Waals surface area contributed by atoms with Crippen LogP contribution in [0.4, 0.5) is 4.79 Å². The van der Waals surface area contributed by atoms with E-state index in [1.54, 1.807) is 4.90 Å². The summed E-state index contributed by atoms with van der Waals surface area (Å²) in [6.07, 6.45) is 0.577. The molecule has 1 aromatic carbocycles. The van der Waals surface area contributed by atoms with Crippen LogP contribution in [0.25, 0.3) is 0 Å². The number of rotatable bonds is 3. The lowest BCUT2D eigenvalue weighted by atomic mass is 10.1. The van der Waals surface area contributed by atoms with Gasteiger partial charge in [-0.25, -0.2) is 4.79 Å². The molecule has 0 N–H and O–H groups in total. The van der Waals surface area contributed by atoms with Crippen LogP contribution in [-0.4, -0.2) is 35.3 Å². The van der Waals surface area contributed by atoms with Crippen LogP contribution >= 0.6 is 0 Å². The van der Waals surface area contributed by atoms with E-state index in [0.29, 0.717) is 19.7 Å². The van der Waals surface area contributed by atoms with E-state index in [9.17, 15) is 4.79 Å². The monoisotopic (exact) mass is 305 g/mol. The predicted octanol–water partition coefficient (Wildman–Crippen LogP) is 3.91. The van der Waals surface area contributed by atoms with Crippen LogP contribution in [0.5, 0.6) is 0 Å². The molecule has 1 saturated heterocycles. The minimum atomic E-state index is -0.459. The fourth-order valence-electron chi connectivity index (χ4n) is 2.48. The van der Waals surface area contributed by atoms with E-state index in [4.69, 9.17) is 9.47 Å². The second kappa shape index (κ2) is 6.29. The maximum atomic E-state index is 12.1. The van der Waals surface area contributed by atoms with Crippen molar-refractivity contribution in [2.45, 2.75) is 58.8 Å². The summed E-state index contributed by atoms with van der Waals surface area (Å²) < 4.78 is 11.5. The van der Waals surface area contributed by atoms with Gasteiger partial charge in [-0.15, -0.1) is 0 Å². The summed E-state index contributed by atoms with van der Waals surface area (Å²) in [6.45, 7) is 11.6. The number of benzene rings is 1. The highest BCUT2D eigenvalue weighted by atomic mass is 16.6. The van der Waals surface area contributed by atoms with E-state index < -0.39 is 5.60 Å². The van der Waals surface area contributed by atoms with Gasteiger partial charge in [0, 0.05) is 6.54 Å². The summed E-state index contributed by atoms with van der Waals surface area (Å²) in [5, 5.41) is 0. The minimum absolute atomic E-state index is 0.254. The summed E-state index contributed by atoms with van der Waals surface area (Å²) in [7, 11) is 0. The van der Waals surface area contributed by atoms with E-state index in [1.807, 2.05) is 20.8 Å². The molecule has 0 bridgehead atoms. The molecule has 4 heteroatoms. The Morgan fingerprint density at radius 2 is 1.91 bits per heavy atom. The first kappa shape index (κ1) is 16.8. The molecule has 4 nitrogen and oxygen atoms in total. The van der Waals surface area contributed by atoms with E-state index in [1.165, 1.54) is 5.56 Å². The smallest absolute Gasteiger partial charge is 0.410 e. The third kappa shape index (κ3) is 4.73. The lowest BCUT2D eigenvalue weighted by Crippen LogP contribution is -2.39. The van der Waals surface area contributed by atoms with Crippen LogP contribution in [0.3, 0.4) is 0 Å². The molecule has 1 aliphatic heterocycles. The molecule has 0 aliphatic carbocycles. The van der Waals surface area contributed by atoms with Crippen molar-refractivity contribution in [3.05, 3.63) is 35.4 Å². The molecule has 2 rings (SSSR count). The summed E-state index contributed by atoms with van der Waals surface area (Å²) in [5.41, 5.74) is 1.63. The second-order valence-electron chi connectivity index (χ2n) is 7.38. The van der Waals surface area contributed by atoms with Crippen LogP contribution in [-0.2, 0) is 16.1 Å². The summed E-state index contributed by atoms with van der Waals surface area (Å²) in [6, 6.07) is 8.34. The average Bonchev–Trinajstić information content (AvgIpc) is 2.80. The van der Waals surface area contributed by atoms with E-state index in [2.05, 4.69) is 38.1 Å². The first-order valence-electron chi connectivity index (χ1n) is 7.84. The highest BCUT2D eigenvalue weighted by Crippen LogP contribution is 2.27. The third-order valence-corrected chi connectivity index (χ3v) is 3.80. The van der Waals surface area contributed by atoms with Crippen molar-refractivity contribution in [3.63, 3.8) is 0 Å². The van der Waals surface area contributed by atoms with Crippen molar-refractivity contribution in [2.75, 3.05) is 13.1 Å². The highest BCUT2D eigenvalue weighted by Gasteiger charge is 2.38. The molecule has 0 aromatic heterocycles. The number of ether oxygens (including phenoxy) is 2. The molecule has 0 spiro atoms. The maximum Gasteiger partial charge on any atom is 0.410 e. The van der Waals surface area contributed by atoms with Gasteiger partial charge in [-0.2, -0.15) is 0 Å². The van der Waals surface area contributed by atoms with Crippen molar-refractivity contribution in [2.24, 2.45) is 0 Å². The highest BCUT2D eigenvalue weighted by molar-refractivity contribution is 5.68. The first-order chi connectivity index (χ1) is 10.2. The molecule has 0 saturated carbocycles. The average molecular weight is 305 g/mol. The lowest BCUT2D eigenvalue weighted by Gasteiger charge is -2.27. The van der Waals surface area contributed by atoms with Gasteiger partial charge in [-0.3, -0.25) is 0 Å². The number of carbonyl (C=O) groups is 1. The third-order valence-electron chi connectivity index (χ3n) is 3.80. The van der Waals surface area contributed by atoms with Crippen molar-refractivity contribution in [1.82, 2.24) is 4.90 Å². The van der Waals surface area contributed by atoms with Gasteiger partial charge in [0.15, 0.2) is 0 Å². The number of amides is 1. The molecule has 1 amide bonds. The Labute approximate surface area is 133 Å². The van der Waals surface area contributed by atoms with Gasteiger partial charge in [0.1, 0.15) is 5.60 Å². The molecule has 1 unspecified atom stereocenters. The predicted molar refractivity (Wildman–Crippen MR) is 86.8 cm³/mol. The Morgan fingerprint density at radius 3 is 2.50 bits per heavy atom. The van der Waals surface area contributed by atoms with Crippen molar-refractivity contribution < 1.29 is 14.3 Å². The van der Waals surface area contributed by atoms with Crippen molar-refractivity contribution in [3.8, 4) is 0 Å². The van der Waals surface area contributed by atoms with Gasteiger partial charge < -0.3 is 14.4 Å². The standard InChI is InChI=1S/C18H27NO3/c1-14-6-8-15(9-7-14)12-21-18(5)10-11-19(13-18)16(20)22-17(2,3)4/h6-9H,10-13H2,1-5H3. The number of likely N-dealkylation sites (tertiary alicyclic amines) is 1. The minimum Gasteiger partial charge on any atom is -0.444 e. The Bertz CT molecular complexity index is 518. The SMILES string of the molecule is Cc1ccc(COC2(C)CCN(C(=O)OC(C)(C)C)C2)cc1. The van der Waals surface area contributed by atoms with Crippen LogP contribution in [0.15, 0.2) is 24.3 Å². The molecule has 0 radical (unpaired) electrons. The lowest BCUT2D eigenvalue weighted by molar-refractivity contribution is -0.0374. The molecular formula is C18H27NO3. The van der Waals surface area contributed by atoms with Crippen LogP contribution < -0.4 is 0 Å². The molecule has 1 atom stereocenters. The van der Waals surface area contributed by atoms with E-state index >= 15 is 0 Å². The molecule has 22 heavy (non-hydrogen) atoms. The Hall–Kier alpha value is -1.55. The summed E-state index contributed by atoms with van der Waals surface area (Å²) >= 11 is 0. The molecule has 1 aromatic rings. The maximum absolute atomic E-state index is 12.1. The van der Waals surface area contributed by atoms with Gasteiger partial charge in [-0.05, 0) is 46.6 Å². The number of hydrogen-bond acceptors (Lipinski definition) is 3. The van der Waals surface area contributed by atoms with Crippen molar-refractivity contribution in [1.29, 1.82) is 0 Å². The largest absolute Gasteiger partial charge is 0.444 e. The van der Waals surface area contributed by atoms with Crippen LogP contribution in [0.1, 0.15) is 45.2 Å². The van der Waals surface area contributed by atoms with Gasteiger partial charge in [0.25, 0.3) is 0 Å². The quantitative estimate of drug-likeness (QED) is 0.850. The topological polar surface area (TPSA) is 38.8 Å². The first-order valence-corrected chi connectivity index (χ1v) is 7.84. The van der Waals surface area contributed by atoms with Crippen LogP contribution in [0, 0.1) is 6.92 Å². The molecule has 1 fully saturated rings. The zero-order chi connectivity index (χ0) is 16.4. The van der Waals surface area contributed by atoms with E-state index in [0.717, 1.165) is 12.0 Å². The summed E-state index contributed by atoms with van der Waals surface area (Å²) in [5.74, 6) is 0. The Morgan fingerprint density at radius 1 is 1.27 bits per heavy atom. The van der Waals surface area contributed by atoms with Crippen LogP contribution in [0.2, 0.25) is 0 Å². The number of nitrogens with zero attached hydrogens (tertiary/aromatic N) is 1. The van der Waals surface area contributed by atoms with Gasteiger partial charge in [0.05, 0.1) is 18.8 Å². The normalized spacial score (nSPS) is 22.0. The number of carbonyl (C=O) groups excluding carboxylic acids is 1. The molecule has 1 heterocycles. The Balaban J connectivity index is 1.87. The molecular weight excluding hydrogens is 278 g/mol. The van der Waals surface area contributed by atoms with E-state index in [-0.39, 0.29) is 11.7 Å².